The summed E-state index contributed by atoms with van der Waals surface area (Å²) in [5.41, 5.74) is 2.64. The van der Waals surface area contributed by atoms with Gasteiger partial charge in [-0.1, -0.05) is 6.07 Å². The van der Waals surface area contributed by atoms with Crippen molar-refractivity contribution in [3.63, 3.8) is 0 Å². The maximum atomic E-state index is 13.3. The van der Waals surface area contributed by atoms with Crippen LogP contribution in [0.1, 0.15) is 46.0 Å². The van der Waals surface area contributed by atoms with Gasteiger partial charge in [0, 0.05) is 6.20 Å². The number of amides is 1. The zero-order chi connectivity index (χ0) is 18.0. The SMILES string of the molecule is Cc1c(Cc2ccc(F)c(F)c2)c[nH]c1C(=O)NC(C)c1ncn[nH]1. The molecule has 0 aliphatic rings. The Morgan fingerprint density at radius 3 is 2.80 bits per heavy atom. The van der Waals surface area contributed by atoms with Gasteiger partial charge in [-0.3, -0.25) is 9.89 Å². The predicted octanol–water partition coefficient (Wildman–Crippen LogP) is 2.80. The molecule has 0 spiro atoms. The molecule has 2 aromatic heterocycles. The lowest BCUT2D eigenvalue weighted by atomic mass is 10.0. The molecule has 0 aliphatic heterocycles. The molecule has 3 N–H and O–H groups in total. The van der Waals surface area contributed by atoms with Crippen molar-refractivity contribution in [3.8, 4) is 0 Å². The van der Waals surface area contributed by atoms with E-state index in [1.807, 2.05) is 0 Å². The van der Waals surface area contributed by atoms with E-state index in [1.54, 1.807) is 20.0 Å². The number of hydrogen-bond donors (Lipinski definition) is 3. The molecule has 1 unspecified atom stereocenters. The molecule has 3 rings (SSSR count). The third-order valence-electron chi connectivity index (χ3n) is 4.04. The number of aromatic nitrogens is 4. The Bertz CT molecular complexity index is 889. The van der Waals surface area contributed by atoms with Crippen LogP contribution in [-0.4, -0.2) is 26.1 Å². The predicted molar refractivity (Wildman–Crippen MR) is 87.0 cm³/mol. The van der Waals surface area contributed by atoms with Gasteiger partial charge >= 0.3 is 0 Å². The summed E-state index contributed by atoms with van der Waals surface area (Å²) in [7, 11) is 0. The monoisotopic (exact) mass is 345 g/mol. The van der Waals surface area contributed by atoms with Crippen molar-refractivity contribution in [2.24, 2.45) is 0 Å². The van der Waals surface area contributed by atoms with Gasteiger partial charge in [0.1, 0.15) is 17.8 Å². The zero-order valence-electron chi connectivity index (χ0n) is 13.7. The summed E-state index contributed by atoms with van der Waals surface area (Å²) < 4.78 is 26.4. The Morgan fingerprint density at radius 2 is 2.12 bits per heavy atom. The first kappa shape index (κ1) is 16.8. The number of benzene rings is 1. The van der Waals surface area contributed by atoms with E-state index in [0.29, 0.717) is 23.5 Å². The summed E-state index contributed by atoms with van der Waals surface area (Å²) in [6, 6.07) is 3.45. The van der Waals surface area contributed by atoms with Crippen LogP contribution in [0.4, 0.5) is 8.78 Å². The smallest absolute Gasteiger partial charge is 0.268 e. The van der Waals surface area contributed by atoms with Gasteiger partial charge in [-0.2, -0.15) is 5.10 Å². The summed E-state index contributed by atoms with van der Waals surface area (Å²) in [6.45, 7) is 3.60. The minimum atomic E-state index is -0.885. The number of halogens is 2. The highest BCUT2D eigenvalue weighted by atomic mass is 19.2. The number of nitrogens with one attached hydrogen (secondary N) is 3. The summed E-state index contributed by atoms with van der Waals surface area (Å²) in [6.07, 6.45) is 3.47. The Morgan fingerprint density at radius 1 is 1.32 bits per heavy atom. The van der Waals surface area contributed by atoms with Crippen molar-refractivity contribution in [3.05, 3.63) is 70.6 Å². The van der Waals surface area contributed by atoms with Gasteiger partial charge in [-0.05, 0) is 49.1 Å². The standard InChI is InChI=1S/C17H17F2N5O/c1-9-12(5-11-3-4-13(18)14(19)6-11)7-20-15(9)17(25)23-10(2)16-21-8-22-24-16/h3-4,6-8,10,20H,5H2,1-2H3,(H,23,25)(H,21,22,24). The average Bonchev–Trinajstić information content (AvgIpc) is 3.22. The quantitative estimate of drug-likeness (QED) is 0.664. The molecule has 8 heteroatoms. The van der Waals surface area contributed by atoms with Crippen LogP contribution < -0.4 is 5.32 Å². The molecule has 0 bridgehead atoms. The molecule has 1 atom stereocenters. The van der Waals surface area contributed by atoms with Gasteiger partial charge in [0.2, 0.25) is 0 Å². The van der Waals surface area contributed by atoms with Crippen LogP contribution in [0.25, 0.3) is 0 Å². The molecular weight excluding hydrogens is 328 g/mol. The molecule has 0 fully saturated rings. The molecule has 3 aromatic rings. The van der Waals surface area contributed by atoms with Crippen molar-refractivity contribution in [1.82, 2.24) is 25.5 Å². The molecule has 130 valence electrons. The Hall–Kier alpha value is -3.03. The second kappa shape index (κ2) is 6.84. The van der Waals surface area contributed by atoms with Crippen molar-refractivity contribution < 1.29 is 13.6 Å². The third-order valence-corrected chi connectivity index (χ3v) is 4.04. The van der Waals surface area contributed by atoms with Crippen LogP contribution in [0.2, 0.25) is 0 Å². The summed E-state index contributed by atoms with van der Waals surface area (Å²) in [5.74, 6) is -1.49. The van der Waals surface area contributed by atoms with Gasteiger partial charge in [-0.25, -0.2) is 13.8 Å². The Kier molecular flexibility index (Phi) is 4.60. The van der Waals surface area contributed by atoms with Crippen LogP contribution in [-0.2, 0) is 6.42 Å². The molecule has 25 heavy (non-hydrogen) atoms. The number of hydrogen-bond acceptors (Lipinski definition) is 3. The number of nitrogens with zero attached hydrogens (tertiary/aromatic N) is 2. The van der Waals surface area contributed by atoms with E-state index in [4.69, 9.17) is 0 Å². The largest absolute Gasteiger partial charge is 0.357 e. The minimum Gasteiger partial charge on any atom is -0.357 e. The van der Waals surface area contributed by atoms with Crippen LogP contribution in [0, 0.1) is 18.6 Å². The van der Waals surface area contributed by atoms with Crippen molar-refractivity contribution in [2.75, 3.05) is 0 Å². The van der Waals surface area contributed by atoms with E-state index in [9.17, 15) is 13.6 Å². The van der Waals surface area contributed by atoms with Crippen LogP contribution >= 0.6 is 0 Å². The van der Waals surface area contributed by atoms with Gasteiger partial charge in [-0.15, -0.1) is 0 Å². The number of carbonyl (C=O) groups excluding carboxylic acids is 1. The Balaban J connectivity index is 1.74. The first-order valence-electron chi connectivity index (χ1n) is 7.72. The topological polar surface area (TPSA) is 86.5 Å². The number of aromatic amines is 2. The zero-order valence-corrected chi connectivity index (χ0v) is 13.7. The number of rotatable bonds is 5. The van der Waals surface area contributed by atoms with Crippen LogP contribution in [0.5, 0.6) is 0 Å². The molecule has 1 aromatic carbocycles. The lowest BCUT2D eigenvalue weighted by Crippen LogP contribution is -2.28. The first-order chi connectivity index (χ1) is 12.0. The van der Waals surface area contributed by atoms with E-state index in [-0.39, 0.29) is 11.9 Å². The fourth-order valence-corrected chi connectivity index (χ4v) is 2.59. The highest BCUT2D eigenvalue weighted by Gasteiger charge is 2.18. The first-order valence-corrected chi connectivity index (χ1v) is 7.72. The van der Waals surface area contributed by atoms with Crippen molar-refractivity contribution >= 4 is 5.91 Å². The molecule has 0 saturated heterocycles. The van der Waals surface area contributed by atoms with E-state index in [0.717, 1.165) is 23.3 Å². The second-order valence-corrected chi connectivity index (χ2v) is 5.81. The van der Waals surface area contributed by atoms with Crippen LogP contribution in [0.3, 0.4) is 0 Å². The summed E-state index contributed by atoms with van der Waals surface area (Å²) in [5, 5.41) is 9.28. The molecule has 0 saturated carbocycles. The Labute approximate surface area is 142 Å². The molecule has 2 heterocycles. The highest BCUT2D eigenvalue weighted by Crippen LogP contribution is 2.19. The van der Waals surface area contributed by atoms with Crippen molar-refractivity contribution in [2.45, 2.75) is 26.3 Å². The summed E-state index contributed by atoms with van der Waals surface area (Å²) in [4.78, 5) is 19.4. The fourth-order valence-electron chi connectivity index (χ4n) is 2.59. The van der Waals surface area contributed by atoms with E-state index in [1.165, 1.54) is 12.4 Å². The molecular formula is C17H17F2N5O. The normalized spacial score (nSPS) is 12.2. The minimum absolute atomic E-state index is 0.280. The maximum Gasteiger partial charge on any atom is 0.268 e. The fraction of sp³-hybridized carbons (Fsp3) is 0.235. The highest BCUT2D eigenvalue weighted by molar-refractivity contribution is 5.94. The van der Waals surface area contributed by atoms with E-state index in [2.05, 4.69) is 25.5 Å². The second-order valence-electron chi connectivity index (χ2n) is 5.81. The van der Waals surface area contributed by atoms with Crippen molar-refractivity contribution in [1.29, 1.82) is 0 Å². The maximum absolute atomic E-state index is 13.3. The van der Waals surface area contributed by atoms with Gasteiger partial charge in [0.05, 0.1) is 6.04 Å². The molecule has 0 aliphatic carbocycles. The van der Waals surface area contributed by atoms with Gasteiger partial charge in [0.15, 0.2) is 11.6 Å². The lowest BCUT2D eigenvalue weighted by Gasteiger charge is -2.11. The summed E-state index contributed by atoms with van der Waals surface area (Å²) >= 11 is 0. The average molecular weight is 345 g/mol. The number of carbonyl (C=O) groups is 1. The molecule has 1 amide bonds. The number of H-pyrrole nitrogens is 2. The molecule has 6 nitrogen and oxygen atoms in total. The van der Waals surface area contributed by atoms with E-state index < -0.39 is 11.6 Å². The van der Waals surface area contributed by atoms with Crippen LogP contribution in [0.15, 0.2) is 30.7 Å². The molecule has 0 radical (unpaired) electrons. The van der Waals surface area contributed by atoms with Gasteiger partial charge < -0.3 is 10.3 Å². The van der Waals surface area contributed by atoms with Gasteiger partial charge in [0.25, 0.3) is 5.91 Å². The third kappa shape index (κ3) is 3.57. The lowest BCUT2D eigenvalue weighted by molar-refractivity contribution is 0.0933. The van der Waals surface area contributed by atoms with E-state index >= 15 is 0 Å².